The van der Waals surface area contributed by atoms with Crippen molar-refractivity contribution < 1.29 is 0 Å². The zero-order valence-corrected chi connectivity index (χ0v) is 13.3. The first-order valence-corrected chi connectivity index (χ1v) is 7.46. The van der Waals surface area contributed by atoms with Crippen molar-refractivity contribution in [1.29, 1.82) is 0 Å². The summed E-state index contributed by atoms with van der Waals surface area (Å²) in [4.78, 5) is 16.1. The van der Waals surface area contributed by atoms with Crippen molar-refractivity contribution in [2.24, 2.45) is 7.05 Å². The predicted molar refractivity (Wildman–Crippen MR) is 81.8 cm³/mol. The molecule has 1 aliphatic rings. The Morgan fingerprint density at radius 2 is 2.05 bits per heavy atom. The van der Waals surface area contributed by atoms with Gasteiger partial charge in [0.05, 0.1) is 12.0 Å². The molecule has 0 saturated heterocycles. The summed E-state index contributed by atoms with van der Waals surface area (Å²) in [5, 5.41) is 0. The van der Waals surface area contributed by atoms with Crippen LogP contribution < -0.4 is 0 Å². The zero-order valence-electron chi connectivity index (χ0n) is 13.3. The zero-order chi connectivity index (χ0) is 15.0. The molecule has 2 aromatic rings. The van der Waals surface area contributed by atoms with Gasteiger partial charge in [0.2, 0.25) is 0 Å². The van der Waals surface area contributed by atoms with Crippen LogP contribution in [0.15, 0.2) is 18.7 Å². The monoisotopic (exact) mass is 285 g/mol. The van der Waals surface area contributed by atoms with Crippen LogP contribution >= 0.6 is 0 Å². The minimum absolute atomic E-state index is 0.0140. The van der Waals surface area contributed by atoms with Gasteiger partial charge in [-0.05, 0) is 0 Å². The SMILES string of the molecule is Cn1cnc(CN2CCc3nc(C(C)(C)C)ncc3C2)c1. The average Bonchev–Trinajstić information content (AvgIpc) is 2.82. The summed E-state index contributed by atoms with van der Waals surface area (Å²) in [7, 11) is 2.00. The fraction of sp³-hybridized carbons (Fsp3) is 0.562. The standard InChI is InChI=1S/C16H23N5/c1-16(2,3)15-17-7-12-8-21(6-5-14(12)19-15)10-13-9-20(4)11-18-13/h7,9,11H,5-6,8,10H2,1-4H3. The van der Waals surface area contributed by atoms with Crippen LogP contribution in [-0.4, -0.2) is 31.0 Å². The molecule has 0 N–H and O–H groups in total. The molecule has 0 aromatic carbocycles. The van der Waals surface area contributed by atoms with Crippen molar-refractivity contribution in [3.63, 3.8) is 0 Å². The van der Waals surface area contributed by atoms with Crippen LogP contribution in [0.3, 0.4) is 0 Å². The van der Waals surface area contributed by atoms with Crippen LogP contribution in [0.4, 0.5) is 0 Å². The Hall–Kier alpha value is -1.75. The summed E-state index contributed by atoms with van der Waals surface area (Å²) in [5.74, 6) is 0.944. The van der Waals surface area contributed by atoms with Gasteiger partial charge in [0.25, 0.3) is 0 Å². The molecule has 3 heterocycles. The first-order chi connectivity index (χ1) is 9.91. The van der Waals surface area contributed by atoms with Gasteiger partial charge in [0, 0.05) is 62.2 Å². The van der Waals surface area contributed by atoms with Crippen LogP contribution in [0, 0.1) is 0 Å². The van der Waals surface area contributed by atoms with Crippen LogP contribution in [0.2, 0.25) is 0 Å². The number of fused-ring (bicyclic) bond motifs is 1. The van der Waals surface area contributed by atoms with E-state index in [0.29, 0.717) is 0 Å². The summed E-state index contributed by atoms with van der Waals surface area (Å²) in [6, 6.07) is 0. The minimum Gasteiger partial charge on any atom is -0.340 e. The normalized spacial score (nSPS) is 16.0. The topological polar surface area (TPSA) is 46.8 Å². The third-order valence-corrected chi connectivity index (χ3v) is 3.83. The summed E-state index contributed by atoms with van der Waals surface area (Å²) in [6.45, 7) is 9.31. The number of imidazole rings is 1. The minimum atomic E-state index is 0.0140. The molecule has 112 valence electrons. The first kappa shape index (κ1) is 14.2. The lowest BCUT2D eigenvalue weighted by molar-refractivity contribution is 0.239. The maximum absolute atomic E-state index is 4.77. The van der Waals surface area contributed by atoms with Gasteiger partial charge >= 0.3 is 0 Å². The number of hydrogen-bond acceptors (Lipinski definition) is 4. The maximum Gasteiger partial charge on any atom is 0.133 e. The molecule has 0 aliphatic carbocycles. The summed E-state index contributed by atoms with van der Waals surface area (Å²) in [6.07, 6.45) is 6.93. The van der Waals surface area contributed by atoms with Crippen molar-refractivity contribution in [2.75, 3.05) is 6.54 Å². The average molecular weight is 285 g/mol. The van der Waals surface area contributed by atoms with Crippen LogP contribution in [0.25, 0.3) is 0 Å². The van der Waals surface area contributed by atoms with Gasteiger partial charge in [-0.1, -0.05) is 20.8 Å². The predicted octanol–water partition coefficient (Wildman–Crippen LogP) is 2.07. The number of aryl methyl sites for hydroxylation is 1. The Balaban J connectivity index is 1.74. The Kier molecular flexibility index (Phi) is 3.53. The summed E-state index contributed by atoms with van der Waals surface area (Å²) in [5.41, 5.74) is 3.60. The van der Waals surface area contributed by atoms with E-state index in [1.807, 2.05) is 24.1 Å². The van der Waals surface area contributed by atoms with Gasteiger partial charge in [-0.25, -0.2) is 15.0 Å². The molecule has 0 radical (unpaired) electrons. The van der Waals surface area contributed by atoms with Crippen LogP contribution in [-0.2, 0) is 32.0 Å². The molecule has 2 aromatic heterocycles. The molecule has 21 heavy (non-hydrogen) atoms. The number of hydrogen-bond donors (Lipinski definition) is 0. The van der Waals surface area contributed by atoms with E-state index in [4.69, 9.17) is 4.98 Å². The molecular weight excluding hydrogens is 262 g/mol. The lowest BCUT2D eigenvalue weighted by Gasteiger charge is -2.28. The Morgan fingerprint density at radius 1 is 1.24 bits per heavy atom. The van der Waals surface area contributed by atoms with Crippen molar-refractivity contribution >= 4 is 0 Å². The maximum atomic E-state index is 4.77. The number of aromatic nitrogens is 4. The molecule has 0 fully saturated rings. The Bertz CT molecular complexity index is 638. The first-order valence-electron chi connectivity index (χ1n) is 7.46. The van der Waals surface area contributed by atoms with Crippen molar-refractivity contribution in [2.45, 2.75) is 45.7 Å². The van der Waals surface area contributed by atoms with Crippen LogP contribution in [0.1, 0.15) is 43.5 Å². The smallest absolute Gasteiger partial charge is 0.133 e. The second-order valence-corrected chi connectivity index (χ2v) is 6.91. The molecule has 5 heteroatoms. The van der Waals surface area contributed by atoms with E-state index in [0.717, 1.165) is 37.6 Å². The van der Waals surface area contributed by atoms with E-state index < -0.39 is 0 Å². The third-order valence-electron chi connectivity index (χ3n) is 3.83. The van der Waals surface area contributed by atoms with E-state index >= 15 is 0 Å². The Morgan fingerprint density at radius 3 is 2.71 bits per heavy atom. The van der Waals surface area contributed by atoms with Crippen molar-refractivity contribution in [3.8, 4) is 0 Å². The fourth-order valence-electron chi connectivity index (χ4n) is 2.65. The largest absolute Gasteiger partial charge is 0.340 e. The number of nitrogens with zero attached hydrogens (tertiary/aromatic N) is 5. The molecule has 0 atom stereocenters. The molecule has 0 spiro atoms. The molecule has 0 saturated carbocycles. The molecule has 3 rings (SSSR count). The lowest BCUT2D eigenvalue weighted by atomic mass is 9.95. The van der Waals surface area contributed by atoms with E-state index in [9.17, 15) is 0 Å². The van der Waals surface area contributed by atoms with Gasteiger partial charge in [-0.15, -0.1) is 0 Å². The van der Waals surface area contributed by atoms with Gasteiger partial charge in [-0.3, -0.25) is 4.90 Å². The molecular formula is C16H23N5. The highest BCUT2D eigenvalue weighted by Crippen LogP contribution is 2.23. The second-order valence-electron chi connectivity index (χ2n) is 6.91. The Labute approximate surface area is 126 Å². The highest BCUT2D eigenvalue weighted by atomic mass is 15.2. The van der Waals surface area contributed by atoms with E-state index in [1.165, 1.54) is 11.3 Å². The summed E-state index contributed by atoms with van der Waals surface area (Å²) < 4.78 is 1.99. The highest BCUT2D eigenvalue weighted by molar-refractivity contribution is 5.22. The number of rotatable bonds is 2. The molecule has 0 unspecified atom stereocenters. The van der Waals surface area contributed by atoms with E-state index in [2.05, 4.69) is 41.8 Å². The van der Waals surface area contributed by atoms with Crippen molar-refractivity contribution in [1.82, 2.24) is 24.4 Å². The molecule has 5 nitrogen and oxygen atoms in total. The quantitative estimate of drug-likeness (QED) is 0.847. The third kappa shape index (κ3) is 3.13. The van der Waals surface area contributed by atoms with E-state index in [-0.39, 0.29) is 5.41 Å². The van der Waals surface area contributed by atoms with Crippen molar-refractivity contribution in [3.05, 3.63) is 41.5 Å². The lowest BCUT2D eigenvalue weighted by Crippen LogP contribution is -2.32. The second kappa shape index (κ2) is 5.22. The molecule has 1 aliphatic heterocycles. The van der Waals surface area contributed by atoms with E-state index in [1.54, 1.807) is 0 Å². The molecule has 0 bridgehead atoms. The fourth-order valence-corrected chi connectivity index (χ4v) is 2.65. The van der Waals surface area contributed by atoms with Gasteiger partial charge in [0.15, 0.2) is 0 Å². The van der Waals surface area contributed by atoms with Gasteiger partial charge < -0.3 is 4.57 Å². The van der Waals surface area contributed by atoms with Gasteiger partial charge in [-0.2, -0.15) is 0 Å². The summed E-state index contributed by atoms with van der Waals surface area (Å²) >= 11 is 0. The van der Waals surface area contributed by atoms with Gasteiger partial charge in [0.1, 0.15) is 5.82 Å². The van der Waals surface area contributed by atoms with Crippen LogP contribution in [0.5, 0.6) is 0 Å². The highest BCUT2D eigenvalue weighted by Gasteiger charge is 2.23. The molecule has 0 amide bonds.